The van der Waals surface area contributed by atoms with Gasteiger partial charge in [0.2, 0.25) is 5.82 Å². The van der Waals surface area contributed by atoms with Gasteiger partial charge in [-0.3, -0.25) is 14.9 Å². The monoisotopic (exact) mass is 226 g/mol. The molecule has 0 bridgehead atoms. The van der Waals surface area contributed by atoms with E-state index in [2.05, 4.69) is 9.97 Å². The number of nitro groups is 1. The number of nitrogens with one attached hydrogen (secondary N) is 1. The standard InChI is InChI=1S/C9H14N4O3/c1-3-4-5-12(2)8-7(13(15)16)9(14)11-6-10-8/h6H,3-5H2,1-2H3,(H,10,11,14). The van der Waals surface area contributed by atoms with Crippen molar-refractivity contribution < 1.29 is 4.92 Å². The number of hydrogen-bond acceptors (Lipinski definition) is 5. The summed E-state index contributed by atoms with van der Waals surface area (Å²) in [4.78, 5) is 29.0. The van der Waals surface area contributed by atoms with Crippen LogP contribution in [0.25, 0.3) is 0 Å². The number of anilines is 1. The second kappa shape index (κ2) is 5.24. The summed E-state index contributed by atoms with van der Waals surface area (Å²) >= 11 is 0. The fourth-order valence-electron chi connectivity index (χ4n) is 1.33. The molecule has 0 aliphatic rings. The third-order valence-corrected chi connectivity index (χ3v) is 2.20. The van der Waals surface area contributed by atoms with Crippen LogP contribution in [0.15, 0.2) is 11.1 Å². The molecule has 1 rings (SSSR count). The van der Waals surface area contributed by atoms with Crippen molar-refractivity contribution in [3.63, 3.8) is 0 Å². The molecule has 16 heavy (non-hydrogen) atoms. The first kappa shape index (κ1) is 12.2. The lowest BCUT2D eigenvalue weighted by Gasteiger charge is -2.16. The minimum atomic E-state index is -0.724. The van der Waals surface area contributed by atoms with Gasteiger partial charge >= 0.3 is 11.2 Å². The first-order valence-electron chi connectivity index (χ1n) is 5.01. The van der Waals surface area contributed by atoms with Crippen LogP contribution < -0.4 is 10.5 Å². The van der Waals surface area contributed by atoms with Crippen molar-refractivity contribution in [3.05, 3.63) is 26.8 Å². The molecule has 7 nitrogen and oxygen atoms in total. The normalized spacial score (nSPS) is 10.1. The van der Waals surface area contributed by atoms with E-state index in [0.29, 0.717) is 6.54 Å². The van der Waals surface area contributed by atoms with Gasteiger partial charge < -0.3 is 9.88 Å². The molecule has 1 N–H and O–H groups in total. The number of unbranched alkanes of at least 4 members (excludes halogenated alkanes) is 1. The van der Waals surface area contributed by atoms with E-state index >= 15 is 0 Å². The molecule has 88 valence electrons. The summed E-state index contributed by atoms with van der Waals surface area (Å²) in [5.74, 6) is 0.113. The molecule has 1 aromatic heterocycles. The van der Waals surface area contributed by atoms with Gasteiger partial charge in [-0.15, -0.1) is 0 Å². The predicted molar refractivity (Wildman–Crippen MR) is 59.7 cm³/mol. The molecular weight excluding hydrogens is 212 g/mol. The van der Waals surface area contributed by atoms with Crippen LogP contribution in [-0.2, 0) is 0 Å². The molecule has 0 radical (unpaired) electrons. The second-order valence-electron chi connectivity index (χ2n) is 3.44. The third-order valence-electron chi connectivity index (χ3n) is 2.20. The molecule has 0 amide bonds. The fraction of sp³-hybridized carbons (Fsp3) is 0.556. The summed E-state index contributed by atoms with van der Waals surface area (Å²) in [7, 11) is 1.68. The van der Waals surface area contributed by atoms with Crippen LogP contribution in [0.1, 0.15) is 19.8 Å². The van der Waals surface area contributed by atoms with Crippen molar-refractivity contribution in [2.75, 3.05) is 18.5 Å². The van der Waals surface area contributed by atoms with Crippen molar-refractivity contribution in [1.82, 2.24) is 9.97 Å². The Morgan fingerprint density at radius 3 is 2.88 bits per heavy atom. The van der Waals surface area contributed by atoms with Gasteiger partial charge in [-0.2, -0.15) is 0 Å². The number of nitrogens with zero attached hydrogens (tertiary/aromatic N) is 3. The average molecular weight is 226 g/mol. The largest absolute Gasteiger partial charge is 0.375 e. The molecule has 1 aromatic rings. The van der Waals surface area contributed by atoms with Crippen LogP contribution in [0.4, 0.5) is 11.5 Å². The highest BCUT2D eigenvalue weighted by atomic mass is 16.6. The van der Waals surface area contributed by atoms with E-state index in [9.17, 15) is 14.9 Å². The molecule has 0 fully saturated rings. The van der Waals surface area contributed by atoms with E-state index in [1.54, 1.807) is 11.9 Å². The minimum Gasteiger partial charge on any atom is -0.354 e. The van der Waals surface area contributed by atoms with Crippen LogP contribution in [-0.4, -0.2) is 28.5 Å². The van der Waals surface area contributed by atoms with E-state index in [-0.39, 0.29) is 5.82 Å². The molecule has 0 aromatic carbocycles. The van der Waals surface area contributed by atoms with Crippen molar-refractivity contribution in [3.8, 4) is 0 Å². The third kappa shape index (κ3) is 2.56. The van der Waals surface area contributed by atoms with Crippen molar-refractivity contribution >= 4 is 11.5 Å². The Hall–Kier alpha value is -1.92. The van der Waals surface area contributed by atoms with E-state index in [1.807, 2.05) is 6.92 Å². The SMILES string of the molecule is CCCCN(C)c1nc[nH]c(=O)c1[N+](=O)[O-]. The molecule has 1 heterocycles. The molecule has 0 atom stereocenters. The Morgan fingerprint density at radius 1 is 1.62 bits per heavy atom. The first-order valence-corrected chi connectivity index (χ1v) is 5.01. The lowest BCUT2D eigenvalue weighted by Crippen LogP contribution is -2.24. The lowest BCUT2D eigenvalue weighted by molar-refractivity contribution is -0.385. The summed E-state index contributed by atoms with van der Waals surface area (Å²) < 4.78 is 0. The first-order chi connectivity index (χ1) is 7.57. The number of aromatic amines is 1. The summed E-state index contributed by atoms with van der Waals surface area (Å²) in [6, 6.07) is 0. The lowest BCUT2D eigenvalue weighted by atomic mass is 10.3. The topological polar surface area (TPSA) is 92.1 Å². The zero-order chi connectivity index (χ0) is 12.1. The summed E-state index contributed by atoms with van der Waals surface area (Å²) in [6.07, 6.45) is 3.04. The summed E-state index contributed by atoms with van der Waals surface area (Å²) in [5, 5.41) is 10.7. The van der Waals surface area contributed by atoms with Crippen molar-refractivity contribution in [2.24, 2.45) is 0 Å². The predicted octanol–water partition coefficient (Wildman–Crippen LogP) is 0.914. The Kier molecular flexibility index (Phi) is 3.98. The van der Waals surface area contributed by atoms with E-state index in [4.69, 9.17) is 0 Å². The molecular formula is C9H14N4O3. The number of hydrogen-bond donors (Lipinski definition) is 1. The molecule has 0 saturated carbocycles. The zero-order valence-corrected chi connectivity index (χ0v) is 9.27. The van der Waals surface area contributed by atoms with Crippen LogP contribution in [0.3, 0.4) is 0 Å². The molecule has 0 spiro atoms. The van der Waals surface area contributed by atoms with Gasteiger partial charge in [-0.25, -0.2) is 4.98 Å². The van der Waals surface area contributed by atoms with Crippen LogP contribution >= 0.6 is 0 Å². The van der Waals surface area contributed by atoms with Crippen molar-refractivity contribution in [1.29, 1.82) is 0 Å². The molecule has 0 aliphatic carbocycles. The fourth-order valence-corrected chi connectivity index (χ4v) is 1.33. The number of aromatic nitrogens is 2. The van der Waals surface area contributed by atoms with Gasteiger partial charge in [-0.1, -0.05) is 13.3 Å². The minimum absolute atomic E-state index is 0.113. The van der Waals surface area contributed by atoms with E-state index in [0.717, 1.165) is 12.8 Å². The van der Waals surface area contributed by atoms with Gasteiger partial charge in [-0.05, 0) is 6.42 Å². The summed E-state index contributed by atoms with van der Waals surface area (Å²) in [6.45, 7) is 2.65. The van der Waals surface area contributed by atoms with Gasteiger partial charge in [0.25, 0.3) is 0 Å². The molecule has 0 saturated heterocycles. The highest BCUT2D eigenvalue weighted by Crippen LogP contribution is 2.19. The Labute approximate surface area is 92.3 Å². The number of rotatable bonds is 5. The molecule has 0 unspecified atom stereocenters. The smallest absolute Gasteiger partial charge is 0.354 e. The molecule has 7 heteroatoms. The van der Waals surface area contributed by atoms with Crippen LogP contribution in [0.5, 0.6) is 0 Å². The van der Waals surface area contributed by atoms with Gasteiger partial charge in [0.15, 0.2) is 0 Å². The maximum atomic E-state index is 11.3. The Bertz CT molecular complexity index is 429. The van der Waals surface area contributed by atoms with Gasteiger partial charge in [0.1, 0.15) is 0 Å². The van der Waals surface area contributed by atoms with Crippen molar-refractivity contribution in [2.45, 2.75) is 19.8 Å². The second-order valence-corrected chi connectivity index (χ2v) is 3.44. The zero-order valence-electron chi connectivity index (χ0n) is 9.27. The maximum Gasteiger partial charge on any atom is 0.375 e. The van der Waals surface area contributed by atoms with E-state index in [1.165, 1.54) is 6.33 Å². The quantitative estimate of drug-likeness (QED) is 0.595. The highest BCUT2D eigenvalue weighted by Gasteiger charge is 2.22. The van der Waals surface area contributed by atoms with Crippen LogP contribution in [0, 0.1) is 10.1 Å². The summed E-state index contributed by atoms with van der Waals surface area (Å²) in [5.41, 5.74) is -1.22. The molecule has 0 aliphatic heterocycles. The average Bonchev–Trinajstić information content (AvgIpc) is 2.24. The Morgan fingerprint density at radius 2 is 2.31 bits per heavy atom. The Balaban J connectivity index is 3.08. The van der Waals surface area contributed by atoms with Gasteiger partial charge in [0, 0.05) is 13.6 Å². The number of H-pyrrole nitrogens is 1. The highest BCUT2D eigenvalue weighted by molar-refractivity contribution is 5.55. The van der Waals surface area contributed by atoms with Crippen LogP contribution in [0.2, 0.25) is 0 Å². The van der Waals surface area contributed by atoms with E-state index < -0.39 is 16.2 Å². The van der Waals surface area contributed by atoms with Gasteiger partial charge in [0.05, 0.1) is 11.3 Å². The maximum absolute atomic E-state index is 11.3.